The minimum atomic E-state index is -0.286. The Morgan fingerprint density at radius 1 is 1.32 bits per heavy atom. The van der Waals surface area contributed by atoms with Crippen LogP contribution in [0.1, 0.15) is 34.1 Å². The smallest absolute Gasteiger partial charge is 0.339 e. The highest BCUT2D eigenvalue weighted by Gasteiger charge is 2.23. The molecule has 3 rings (SSSR count). The maximum absolute atomic E-state index is 11.9. The van der Waals surface area contributed by atoms with Crippen LogP contribution in [0.5, 0.6) is 0 Å². The topological polar surface area (TPSA) is 39.2 Å². The molecule has 0 N–H and O–H groups in total. The van der Waals surface area contributed by atoms with Crippen molar-refractivity contribution in [1.29, 1.82) is 0 Å². The van der Waals surface area contributed by atoms with Gasteiger partial charge >= 0.3 is 5.97 Å². The average molecular weight is 253 g/mol. The van der Waals surface area contributed by atoms with E-state index in [9.17, 15) is 4.79 Å². The van der Waals surface area contributed by atoms with E-state index in [2.05, 4.69) is 17.1 Å². The van der Waals surface area contributed by atoms with E-state index in [1.54, 1.807) is 0 Å². The number of hydrogen-bond acceptors (Lipinski definition) is 3. The molecule has 0 spiro atoms. The zero-order chi connectivity index (χ0) is 13.4. The number of carbonyl (C=O) groups excluding carboxylic acids is 1. The Morgan fingerprint density at radius 2 is 2.11 bits per heavy atom. The van der Waals surface area contributed by atoms with Crippen LogP contribution in [-0.2, 0) is 11.2 Å². The predicted octanol–water partition coefficient (Wildman–Crippen LogP) is 3.14. The van der Waals surface area contributed by atoms with E-state index in [4.69, 9.17) is 4.74 Å². The number of nitrogens with zero attached hydrogens (tertiary/aromatic N) is 1. The molecule has 1 aliphatic rings. The Kier molecular flexibility index (Phi) is 2.82. The summed E-state index contributed by atoms with van der Waals surface area (Å²) in [6.07, 6.45) is 0.838. The molecule has 0 amide bonds. The van der Waals surface area contributed by atoms with Crippen LogP contribution in [-0.4, -0.2) is 17.6 Å². The van der Waals surface area contributed by atoms with Crippen LogP contribution in [0.15, 0.2) is 30.3 Å². The van der Waals surface area contributed by atoms with Gasteiger partial charge in [0, 0.05) is 12.0 Å². The molecule has 2 aromatic rings. The maximum Gasteiger partial charge on any atom is 0.339 e. The highest BCUT2D eigenvalue weighted by Crippen LogP contribution is 2.35. The van der Waals surface area contributed by atoms with Gasteiger partial charge in [-0.15, -0.1) is 0 Å². The first-order valence-corrected chi connectivity index (χ1v) is 6.46. The molecule has 0 aliphatic heterocycles. The van der Waals surface area contributed by atoms with Crippen molar-refractivity contribution < 1.29 is 9.53 Å². The third-order valence-corrected chi connectivity index (χ3v) is 3.44. The molecule has 0 saturated carbocycles. The summed E-state index contributed by atoms with van der Waals surface area (Å²) in [7, 11) is 0. The molecule has 0 fully saturated rings. The average Bonchev–Trinajstić information content (AvgIpc) is 2.76. The molecule has 1 aromatic heterocycles. The number of esters is 1. The van der Waals surface area contributed by atoms with E-state index in [-0.39, 0.29) is 5.97 Å². The lowest BCUT2D eigenvalue weighted by atomic mass is 10.1. The van der Waals surface area contributed by atoms with Gasteiger partial charge in [-0.2, -0.15) is 0 Å². The Balaban J connectivity index is 2.08. The molecule has 1 heterocycles. The molecule has 0 bridgehead atoms. The second kappa shape index (κ2) is 4.50. The normalized spacial score (nSPS) is 11.9. The number of carbonyl (C=O) groups is 1. The quantitative estimate of drug-likeness (QED) is 0.659. The van der Waals surface area contributed by atoms with Crippen LogP contribution < -0.4 is 0 Å². The summed E-state index contributed by atoms with van der Waals surface area (Å²) >= 11 is 0. The van der Waals surface area contributed by atoms with Crippen LogP contribution in [0, 0.1) is 6.92 Å². The van der Waals surface area contributed by atoms with E-state index in [0.29, 0.717) is 12.2 Å². The number of aryl methyl sites for hydroxylation is 1. The minimum absolute atomic E-state index is 0.286. The second-order valence-electron chi connectivity index (χ2n) is 4.68. The first kappa shape index (κ1) is 11.9. The Morgan fingerprint density at radius 3 is 2.89 bits per heavy atom. The first-order valence-electron chi connectivity index (χ1n) is 6.46. The molecule has 0 unspecified atom stereocenters. The van der Waals surface area contributed by atoms with Crippen molar-refractivity contribution >= 4 is 5.97 Å². The molecule has 19 heavy (non-hydrogen) atoms. The molecule has 0 saturated heterocycles. The van der Waals surface area contributed by atoms with Crippen molar-refractivity contribution in [2.45, 2.75) is 20.3 Å². The summed E-state index contributed by atoms with van der Waals surface area (Å²) in [5, 5.41) is 0. The van der Waals surface area contributed by atoms with Crippen LogP contribution in [0.3, 0.4) is 0 Å². The number of benzene rings is 1. The third-order valence-electron chi connectivity index (χ3n) is 3.44. The number of aromatic nitrogens is 1. The SMILES string of the molecule is CCOC(=O)c1cc2c(nc1C)-c1ccccc1C2. The number of pyridine rings is 1. The van der Waals surface area contributed by atoms with Gasteiger partial charge in [0.25, 0.3) is 0 Å². The van der Waals surface area contributed by atoms with Crippen LogP contribution in [0.4, 0.5) is 0 Å². The fraction of sp³-hybridized carbons (Fsp3) is 0.250. The monoisotopic (exact) mass is 253 g/mol. The van der Waals surface area contributed by atoms with Gasteiger partial charge in [-0.1, -0.05) is 24.3 Å². The summed E-state index contributed by atoms with van der Waals surface area (Å²) in [5.74, 6) is -0.286. The summed E-state index contributed by atoms with van der Waals surface area (Å²) < 4.78 is 5.07. The largest absolute Gasteiger partial charge is 0.462 e. The van der Waals surface area contributed by atoms with E-state index < -0.39 is 0 Å². The van der Waals surface area contributed by atoms with E-state index >= 15 is 0 Å². The van der Waals surface area contributed by atoms with Crippen LogP contribution in [0.25, 0.3) is 11.3 Å². The summed E-state index contributed by atoms with van der Waals surface area (Å²) in [5.41, 5.74) is 5.86. The lowest BCUT2D eigenvalue weighted by Gasteiger charge is -2.08. The van der Waals surface area contributed by atoms with Gasteiger partial charge in [0.05, 0.1) is 23.6 Å². The molecule has 0 atom stereocenters. The van der Waals surface area contributed by atoms with Gasteiger partial charge in [0.15, 0.2) is 0 Å². The fourth-order valence-electron chi connectivity index (χ4n) is 2.54. The lowest BCUT2D eigenvalue weighted by Crippen LogP contribution is -2.09. The molecule has 3 heteroatoms. The van der Waals surface area contributed by atoms with Crippen molar-refractivity contribution in [3.8, 4) is 11.3 Å². The van der Waals surface area contributed by atoms with Gasteiger partial charge in [-0.3, -0.25) is 4.98 Å². The van der Waals surface area contributed by atoms with E-state index in [1.807, 2.05) is 32.0 Å². The van der Waals surface area contributed by atoms with E-state index in [1.165, 1.54) is 11.1 Å². The van der Waals surface area contributed by atoms with Crippen LogP contribution >= 0.6 is 0 Å². The Bertz CT molecular complexity index is 662. The molecule has 96 valence electrons. The zero-order valence-electron chi connectivity index (χ0n) is 11.1. The third kappa shape index (κ3) is 1.91. The Labute approximate surface area is 112 Å². The van der Waals surface area contributed by atoms with Crippen LogP contribution in [0.2, 0.25) is 0 Å². The van der Waals surface area contributed by atoms with Gasteiger partial charge in [-0.05, 0) is 31.0 Å². The highest BCUT2D eigenvalue weighted by molar-refractivity contribution is 5.92. The second-order valence-corrected chi connectivity index (χ2v) is 4.68. The summed E-state index contributed by atoms with van der Waals surface area (Å²) in [6.45, 7) is 4.05. The standard InChI is InChI=1S/C16H15NO2/c1-3-19-16(18)14-9-12-8-11-6-4-5-7-13(11)15(12)17-10(14)2/h4-7,9H,3,8H2,1-2H3. The molecule has 1 aromatic carbocycles. The number of rotatable bonds is 2. The van der Waals surface area contributed by atoms with Gasteiger partial charge < -0.3 is 4.74 Å². The predicted molar refractivity (Wildman–Crippen MR) is 73.2 cm³/mol. The van der Waals surface area contributed by atoms with Crippen molar-refractivity contribution in [2.75, 3.05) is 6.61 Å². The minimum Gasteiger partial charge on any atom is -0.462 e. The highest BCUT2D eigenvalue weighted by atomic mass is 16.5. The fourth-order valence-corrected chi connectivity index (χ4v) is 2.54. The summed E-state index contributed by atoms with van der Waals surface area (Å²) in [4.78, 5) is 16.5. The molecule has 3 nitrogen and oxygen atoms in total. The van der Waals surface area contributed by atoms with Crippen molar-refractivity contribution in [1.82, 2.24) is 4.98 Å². The van der Waals surface area contributed by atoms with Crippen molar-refractivity contribution in [2.24, 2.45) is 0 Å². The van der Waals surface area contributed by atoms with Crippen molar-refractivity contribution in [3.63, 3.8) is 0 Å². The number of fused-ring (bicyclic) bond motifs is 3. The lowest BCUT2D eigenvalue weighted by molar-refractivity contribution is 0.0525. The molecular formula is C16H15NO2. The van der Waals surface area contributed by atoms with Gasteiger partial charge in [0.1, 0.15) is 0 Å². The molecule has 0 radical (unpaired) electrons. The molecular weight excluding hydrogens is 238 g/mol. The molecule has 1 aliphatic carbocycles. The number of ether oxygens (including phenoxy) is 1. The number of hydrogen-bond donors (Lipinski definition) is 0. The van der Waals surface area contributed by atoms with Crippen molar-refractivity contribution in [3.05, 3.63) is 52.7 Å². The van der Waals surface area contributed by atoms with Gasteiger partial charge in [0.2, 0.25) is 0 Å². The zero-order valence-corrected chi connectivity index (χ0v) is 11.1. The maximum atomic E-state index is 11.9. The summed E-state index contributed by atoms with van der Waals surface area (Å²) in [6, 6.07) is 10.2. The van der Waals surface area contributed by atoms with Gasteiger partial charge in [-0.25, -0.2) is 4.79 Å². The van der Waals surface area contributed by atoms with E-state index in [0.717, 1.165) is 23.4 Å². The first-order chi connectivity index (χ1) is 9.20. The Hall–Kier alpha value is -2.16.